The number of nitrogens with zero attached hydrogens (tertiary/aromatic N) is 1. The molecule has 6 heteroatoms. The Morgan fingerprint density at radius 2 is 1.65 bits per heavy atom. The summed E-state index contributed by atoms with van der Waals surface area (Å²) in [4.78, 5) is 2.37. The predicted octanol–water partition coefficient (Wildman–Crippen LogP) is 2.96. The van der Waals surface area contributed by atoms with Crippen LogP contribution in [-0.4, -0.2) is 38.1 Å². The fraction of sp³-hybridized carbons (Fsp3) is 0.400. The van der Waals surface area contributed by atoms with E-state index in [9.17, 15) is 5.11 Å². The van der Waals surface area contributed by atoms with Gasteiger partial charge < -0.3 is 24.1 Å². The topological polar surface area (TPSA) is 60.4 Å². The standard InChI is InChI=1S/C20H21NO5/c1-21-14-4-10-5-17(23-2)18(24-3)8-11(10)15(21)6-13-12(14)7-16(22)20-19(13)25-9-26-20/h5,7-8,14-15,22H,4,6,9H2,1-3H3. The van der Waals surface area contributed by atoms with Crippen molar-refractivity contribution in [3.05, 3.63) is 40.5 Å². The molecule has 0 saturated heterocycles. The Balaban J connectivity index is 1.68. The molecule has 2 aromatic carbocycles. The van der Waals surface area contributed by atoms with Crippen molar-refractivity contribution in [1.29, 1.82) is 0 Å². The van der Waals surface area contributed by atoms with E-state index in [1.807, 2.05) is 6.07 Å². The monoisotopic (exact) mass is 355 g/mol. The van der Waals surface area contributed by atoms with E-state index in [1.54, 1.807) is 14.2 Å². The molecule has 0 spiro atoms. The van der Waals surface area contributed by atoms with Gasteiger partial charge in [0, 0.05) is 17.6 Å². The molecule has 0 radical (unpaired) electrons. The molecule has 3 aliphatic heterocycles. The minimum absolute atomic E-state index is 0.154. The first-order chi connectivity index (χ1) is 12.6. The second-order valence-electron chi connectivity index (χ2n) is 7.04. The van der Waals surface area contributed by atoms with Crippen molar-refractivity contribution in [3.8, 4) is 28.7 Å². The molecule has 26 heavy (non-hydrogen) atoms. The highest BCUT2D eigenvalue weighted by atomic mass is 16.7. The van der Waals surface area contributed by atoms with E-state index in [4.69, 9.17) is 18.9 Å². The van der Waals surface area contributed by atoms with Gasteiger partial charge in [-0.05, 0) is 54.8 Å². The van der Waals surface area contributed by atoms with Crippen molar-refractivity contribution in [2.45, 2.75) is 24.9 Å². The Labute approximate surface area is 151 Å². The molecule has 136 valence electrons. The van der Waals surface area contributed by atoms with Crippen LogP contribution in [0.2, 0.25) is 0 Å². The van der Waals surface area contributed by atoms with E-state index in [0.29, 0.717) is 11.5 Å². The van der Waals surface area contributed by atoms with Crippen LogP contribution in [0.3, 0.4) is 0 Å². The number of phenolic OH excluding ortho intramolecular Hbond substituents is 1. The van der Waals surface area contributed by atoms with E-state index >= 15 is 0 Å². The zero-order chi connectivity index (χ0) is 18.0. The molecule has 3 aliphatic rings. The number of fused-ring (bicyclic) bond motifs is 8. The van der Waals surface area contributed by atoms with Crippen LogP contribution >= 0.6 is 0 Å². The molecule has 5 rings (SSSR count). The van der Waals surface area contributed by atoms with Crippen molar-refractivity contribution >= 4 is 0 Å². The number of rotatable bonds is 2. The largest absolute Gasteiger partial charge is 0.504 e. The van der Waals surface area contributed by atoms with Crippen LogP contribution in [0.15, 0.2) is 18.2 Å². The number of benzene rings is 2. The smallest absolute Gasteiger partial charge is 0.231 e. The normalized spacial score (nSPS) is 22.6. The lowest BCUT2D eigenvalue weighted by atomic mass is 9.76. The maximum Gasteiger partial charge on any atom is 0.231 e. The molecule has 2 atom stereocenters. The first-order valence-corrected chi connectivity index (χ1v) is 8.73. The second-order valence-corrected chi connectivity index (χ2v) is 7.04. The molecular formula is C20H21NO5. The average molecular weight is 355 g/mol. The lowest BCUT2D eigenvalue weighted by Crippen LogP contribution is -2.40. The number of phenols is 1. The van der Waals surface area contributed by atoms with Gasteiger partial charge in [0.15, 0.2) is 23.0 Å². The van der Waals surface area contributed by atoms with Gasteiger partial charge in [0.2, 0.25) is 12.5 Å². The van der Waals surface area contributed by atoms with Crippen LogP contribution in [-0.2, 0) is 12.8 Å². The first-order valence-electron chi connectivity index (χ1n) is 8.73. The minimum atomic E-state index is 0.154. The summed E-state index contributed by atoms with van der Waals surface area (Å²) < 4.78 is 22.2. The van der Waals surface area contributed by atoms with Gasteiger partial charge in [-0.15, -0.1) is 0 Å². The number of likely N-dealkylation sites (N-methyl/N-ethyl adjacent to an activating group) is 1. The van der Waals surface area contributed by atoms with Crippen LogP contribution < -0.4 is 18.9 Å². The van der Waals surface area contributed by atoms with E-state index < -0.39 is 0 Å². The van der Waals surface area contributed by atoms with Crippen molar-refractivity contribution in [1.82, 2.24) is 4.90 Å². The fourth-order valence-corrected chi connectivity index (χ4v) is 4.62. The van der Waals surface area contributed by atoms with Gasteiger partial charge in [-0.2, -0.15) is 0 Å². The fourth-order valence-electron chi connectivity index (χ4n) is 4.62. The summed E-state index contributed by atoms with van der Waals surface area (Å²) in [5.74, 6) is 2.83. The van der Waals surface area contributed by atoms with Crippen LogP contribution in [0.25, 0.3) is 0 Å². The number of ether oxygens (including phenoxy) is 4. The minimum Gasteiger partial charge on any atom is -0.504 e. The zero-order valence-electron chi connectivity index (χ0n) is 15.0. The number of methoxy groups -OCH3 is 2. The summed E-state index contributed by atoms with van der Waals surface area (Å²) in [6.07, 6.45) is 1.64. The molecule has 0 fully saturated rings. The predicted molar refractivity (Wildman–Crippen MR) is 94.4 cm³/mol. The Morgan fingerprint density at radius 1 is 0.962 bits per heavy atom. The number of hydrogen-bond acceptors (Lipinski definition) is 6. The molecule has 2 unspecified atom stereocenters. The van der Waals surface area contributed by atoms with Crippen molar-refractivity contribution in [3.63, 3.8) is 0 Å². The van der Waals surface area contributed by atoms with Crippen molar-refractivity contribution < 1.29 is 24.1 Å². The van der Waals surface area contributed by atoms with Crippen molar-refractivity contribution in [2.24, 2.45) is 0 Å². The summed E-state index contributed by atoms with van der Waals surface area (Å²) in [5.41, 5.74) is 4.78. The highest BCUT2D eigenvalue weighted by Crippen LogP contribution is 2.55. The molecule has 1 N–H and O–H groups in total. The van der Waals surface area contributed by atoms with Crippen molar-refractivity contribution in [2.75, 3.05) is 28.1 Å². The lowest BCUT2D eigenvalue weighted by Gasteiger charge is -2.46. The summed E-state index contributed by atoms with van der Waals surface area (Å²) in [5, 5.41) is 10.4. The van der Waals surface area contributed by atoms with E-state index in [-0.39, 0.29) is 24.6 Å². The number of aromatic hydroxyl groups is 1. The summed E-state index contributed by atoms with van der Waals surface area (Å²) in [6, 6.07) is 6.41. The lowest BCUT2D eigenvalue weighted by molar-refractivity contribution is 0.134. The first kappa shape index (κ1) is 15.6. The highest BCUT2D eigenvalue weighted by Gasteiger charge is 2.42. The van der Waals surface area contributed by atoms with Gasteiger partial charge in [0.25, 0.3) is 0 Å². The third-order valence-electron chi connectivity index (χ3n) is 5.92. The average Bonchev–Trinajstić information content (AvgIpc) is 3.13. The Kier molecular flexibility index (Phi) is 3.28. The molecule has 0 saturated carbocycles. The molecule has 2 aromatic rings. The third kappa shape index (κ3) is 1.96. The van der Waals surface area contributed by atoms with Gasteiger partial charge in [0.1, 0.15) is 0 Å². The molecule has 6 nitrogen and oxygen atoms in total. The van der Waals surface area contributed by atoms with Crippen LogP contribution in [0.5, 0.6) is 28.7 Å². The Bertz CT molecular complexity index is 910. The molecule has 2 bridgehead atoms. The van der Waals surface area contributed by atoms with Gasteiger partial charge in [-0.25, -0.2) is 0 Å². The molecular weight excluding hydrogens is 334 g/mol. The summed E-state index contributed by atoms with van der Waals surface area (Å²) >= 11 is 0. The molecule has 0 amide bonds. The maximum absolute atomic E-state index is 10.4. The van der Waals surface area contributed by atoms with Gasteiger partial charge in [-0.1, -0.05) is 0 Å². The molecule has 0 aliphatic carbocycles. The maximum atomic E-state index is 10.4. The number of hydrogen-bond donors (Lipinski definition) is 1. The quantitative estimate of drug-likeness (QED) is 0.894. The second kappa shape index (κ2) is 5.45. The van der Waals surface area contributed by atoms with E-state index in [2.05, 4.69) is 24.1 Å². The molecule has 0 aromatic heterocycles. The summed E-state index contributed by atoms with van der Waals surface area (Å²) in [7, 11) is 5.46. The zero-order valence-corrected chi connectivity index (χ0v) is 15.0. The van der Waals surface area contributed by atoms with Crippen LogP contribution in [0.4, 0.5) is 0 Å². The van der Waals surface area contributed by atoms with E-state index in [0.717, 1.165) is 35.5 Å². The van der Waals surface area contributed by atoms with E-state index in [1.165, 1.54) is 11.1 Å². The Morgan fingerprint density at radius 3 is 2.42 bits per heavy atom. The highest BCUT2D eigenvalue weighted by molar-refractivity contribution is 5.63. The van der Waals surface area contributed by atoms with Crippen LogP contribution in [0, 0.1) is 0 Å². The Hall–Kier alpha value is -2.60. The summed E-state index contributed by atoms with van der Waals surface area (Å²) in [6.45, 7) is 0.159. The van der Waals surface area contributed by atoms with Gasteiger partial charge in [0.05, 0.1) is 14.2 Å². The van der Waals surface area contributed by atoms with Gasteiger partial charge in [-0.3, -0.25) is 4.90 Å². The third-order valence-corrected chi connectivity index (χ3v) is 5.92. The molecule has 3 heterocycles. The van der Waals surface area contributed by atoms with Crippen LogP contribution in [0.1, 0.15) is 34.3 Å². The van der Waals surface area contributed by atoms with Gasteiger partial charge >= 0.3 is 0 Å². The SMILES string of the molecule is COc1cc2c(cc1OC)C1Cc3c(cc(O)c4c3OCO4)C(C2)N1C.